The molecule has 0 aromatic carbocycles. The van der Waals surface area contributed by atoms with Crippen molar-refractivity contribution in [3.63, 3.8) is 0 Å². The molecule has 1 unspecified atom stereocenters. The van der Waals surface area contributed by atoms with Crippen molar-refractivity contribution in [2.45, 2.75) is 30.5 Å². The van der Waals surface area contributed by atoms with Gasteiger partial charge in [-0.1, -0.05) is 24.8 Å². The van der Waals surface area contributed by atoms with Crippen molar-refractivity contribution in [1.82, 2.24) is 19.9 Å². The number of nitrogens with one attached hydrogen (secondary N) is 1. The van der Waals surface area contributed by atoms with E-state index in [2.05, 4.69) is 22.4 Å². The first-order valence-corrected chi connectivity index (χ1v) is 8.06. The molecule has 1 fully saturated rings. The van der Waals surface area contributed by atoms with Gasteiger partial charge >= 0.3 is 0 Å². The van der Waals surface area contributed by atoms with E-state index < -0.39 is 0 Å². The third kappa shape index (κ3) is 2.55. The molecule has 0 spiro atoms. The molecule has 1 aliphatic carbocycles. The van der Waals surface area contributed by atoms with E-state index in [1.807, 2.05) is 28.8 Å². The number of thioether (sulfide) groups is 1. The zero-order valence-corrected chi connectivity index (χ0v) is 12.4. The zero-order valence-electron chi connectivity index (χ0n) is 11.6. The molecule has 2 aromatic heterocycles. The summed E-state index contributed by atoms with van der Waals surface area (Å²) < 4.78 is 1.99. The van der Waals surface area contributed by atoms with Gasteiger partial charge in [-0.3, -0.25) is 4.40 Å². The summed E-state index contributed by atoms with van der Waals surface area (Å²) in [6.07, 6.45) is 4.38. The summed E-state index contributed by atoms with van der Waals surface area (Å²) in [7, 11) is 0. The third-order valence-electron chi connectivity index (χ3n) is 3.91. The Balaban J connectivity index is 1.77. The maximum absolute atomic E-state index is 9.84. The van der Waals surface area contributed by atoms with Gasteiger partial charge in [0.1, 0.15) is 0 Å². The molecule has 6 heteroatoms. The summed E-state index contributed by atoms with van der Waals surface area (Å²) in [5.74, 6) is 1.40. The van der Waals surface area contributed by atoms with Gasteiger partial charge in [0.05, 0.1) is 12.1 Å². The van der Waals surface area contributed by atoms with Crippen LogP contribution < -0.4 is 5.32 Å². The second kappa shape index (κ2) is 5.71. The van der Waals surface area contributed by atoms with Crippen LogP contribution in [-0.4, -0.2) is 44.1 Å². The van der Waals surface area contributed by atoms with E-state index >= 15 is 0 Å². The average Bonchev–Trinajstić information content (AvgIpc) is 3.25. The van der Waals surface area contributed by atoms with Crippen LogP contribution in [0.5, 0.6) is 0 Å². The molecule has 3 rings (SSSR count). The number of rotatable bonds is 7. The van der Waals surface area contributed by atoms with Crippen LogP contribution >= 0.6 is 11.8 Å². The van der Waals surface area contributed by atoms with Gasteiger partial charge in [0.2, 0.25) is 0 Å². The fraction of sp³-hybridized carbons (Fsp3) is 0.571. The predicted molar refractivity (Wildman–Crippen MR) is 79.9 cm³/mol. The normalized spacial score (nSPS) is 18.3. The Labute approximate surface area is 122 Å². The number of likely N-dealkylation sites (N-methyl/N-ethyl adjacent to an activating group) is 1. The van der Waals surface area contributed by atoms with Crippen molar-refractivity contribution in [2.75, 3.05) is 18.9 Å². The Morgan fingerprint density at radius 3 is 3.00 bits per heavy atom. The van der Waals surface area contributed by atoms with Gasteiger partial charge in [-0.05, 0) is 37.4 Å². The first-order chi connectivity index (χ1) is 9.79. The Morgan fingerprint density at radius 2 is 2.30 bits per heavy atom. The smallest absolute Gasteiger partial charge is 0.195 e. The van der Waals surface area contributed by atoms with Crippen LogP contribution in [-0.2, 0) is 0 Å². The van der Waals surface area contributed by atoms with Gasteiger partial charge in [-0.25, -0.2) is 0 Å². The van der Waals surface area contributed by atoms with Gasteiger partial charge in [0, 0.05) is 11.9 Å². The van der Waals surface area contributed by atoms with Gasteiger partial charge in [0.15, 0.2) is 10.8 Å². The standard InChI is InChI=1S/C14H20N4OS/c1-2-15-14(9-19,11-6-7-11)10-20-13-17-16-12-5-3-4-8-18(12)13/h3-5,8,11,15,19H,2,6-7,9-10H2,1H3. The van der Waals surface area contributed by atoms with E-state index in [4.69, 9.17) is 0 Å². The van der Waals surface area contributed by atoms with E-state index in [9.17, 15) is 5.11 Å². The molecule has 0 aliphatic heterocycles. The maximum Gasteiger partial charge on any atom is 0.195 e. The fourth-order valence-corrected chi connectivity index (χ4v) is 3.85. The molecule has 0 radical (unpaired) electrons. The second-order valence-electron chi connectivity index (χ2n) is 5.32. The zero-order chi connectivity index (χ0) is 14.0. The molecular weight excluding hydrogens is 272 g/mol. The lowest BCUT2D eigenvalue weighted by Crippen LogP contribution is -2.52. The van der Waals surface area contributed by atoms with Crippen molar-refractivity contribution >= 4 is 17.4 Å². The molecule has 1 aliphatic rings. The topological polar surface area (TPSA) is 62.5 Å². The lowest BCUT2D eigenvalue weighted by atomic mass is 9.97. The molecule has 1 atom stereocenters. The minimum absolute atomic E-state index is 0.176. The minimum Gasteiger partial charge on any atom is -0.394 e. The lowest BCUT2D eigenvalue weighted by Gasteiger charge is -2.32. The van der Waals surface area contributed by atoms with Crippen LogP contribution in [0.2, 0.25) is 0 Å². The van der Waals surface area contributed by atoms with Crippen LogP contribution in [0, 0.1) is 5.92 Å². The first-order valence-electron chi connectivity index (χ1n) is 7.07. The van der Waals surface area contributed by atoms with Crippen molar-refractivity contribution < 1.29 is 5.11 Å². The largest absolute Gasteiger partial charge is 0.394 e. The molecule has 0 bridgehead atoms. The highest BCUT2D eigenvalue weighted by atomic mass is 32.2. The van der Waals surface area contributed by atoms with Crippen LogP contribution in [0.4, 0.5) is 0 Å². The molecular formula is C14H20N4OS. The summed E-state index contributed by atoms with van der Waals surface area (Å²) >= 11 is 1.66. The molecule has 20 heavy (non-hydrogen) atoms. The summed E-state index contributed by atoms with van der Waals surface area (Å²) in [6, 6.07) is 5.88. The van der Waals surface area contributed by atoms with Crippen LogP contribution in [0.25, 0.3) is 5.65 Å². The fourth-order valence-electron chi connectivity index (χ4n) is 2.64. The van der Waals surface area contributed by atoms with E-state index in [0.29, 0.717) is 5.92 Å². The third-order valence-corrected chi connectivity index (χ3v) is 5.11. The van der Waals surface area contributed by atoms with Crippen molar-refractivity contribution in [3.8, 4) is 0 Å². The quantitative estimate of drug-likeness (QED) is 0.759. The van der Waals surface area contributed by atoms with Crippen LogP contribution in [0.1, 0.15) is 19.8 Å². The number of nitrogens with zero attached hydrogens (tertiary/aromatic N) is 3. The van der Waals surface area contributed by atoms with E-state index in [1.54, 1.807) is 11.8 Å². The Bertz CT molecular complexity index is 583. The number of aliphatic hydroxyl groups is 1. The highest BCUT2D eigenvalue weighted by Gasteiger charge is 2.44. The van der Waals surface area contributed by atoms with E-state index in [1.165, 1.54) is 12.8 Å². The average molecular weight is 292 g/mol. The molecule has 5 nitrogen and oxygen atoms in total. The minimum atomic E-state index is -0.181. The molecule has 0 saturated heterocycles. The second-order valence-corrected chi connectivity index (χ2v) is 6.26. The predicted octanol–water partition coefficient (Wildman–Crippen LogP) is 1.57. The molecule has 0 amide bonds. The number of pyridine rings is 1. The monoisotopic (exact) mass is 292 g/mol. The van der Waals surface area contributed by atoms with Crippen molar-refractivity contribution in [2.24, 2.45) is 5.92 Å². The number of aromatic nitrogens is 3. The van der Waals surface area contributed by atoms with Crippen LogP contribution in [0.3, 0.4) is 0 Å². The Kier molecular flexibility index (Phi) is 3.96. The number of aliphatic hydroxyl groups excluding tert-OH is 1. The van der Waals surface area contributed by atoms with Crippen LogP contribution in [0.15, 0.2) is 29.6 Å². The van der Waals surface area contributed by atoms with Gasteiger partial charge < -0.3 is 10.4 Å². The number of hydrogen-bond acceptors (Lipinski definition) is 5. The summed E-state index contributed by atoms with van der Waals surface area (Å²) in [6.45, 7) is 3.14. The number of fused-ring (bicyclic) bond motifs is 1. The maximum atomic E-state index is 9.84. The molecule has 2 aromatic rings. The first kappa shape index (κ1) is 13.9. The highest BCUT2D eigenvalue weighted by molar-refractivity contribution is 7.99. The van der Waals surface area contributed by atoms with Gasteiger partial charge in [-0.15, -0.1) is 10.2 Å². The molecule has 2 heterocycles. The molecule has 2 N–H and O–H groups in total. The molecule has 108 valence electrons. The summed E-state index contributed by atoms with van der Waals surface area (Å²) in [5, 5.41) is 22.6. The summed E-state index contributed by atoms with van der Waals surface area (Å²) in [4.78, 5) is 0. The SMILES string of the molecule is CCNC(CO)(CSc1nnc2ccccn12)C1CC1. The highest BCUT2D eigenvalue weighted by Crippen LogP contribution is 2.42. The number of hydrogen-bond donors (Lipinski definition) is 2. The Hall–Kier alpha value is -1.11. The lowest BCUT2D eigenvalue weighted by molar-refractivity contribution is 0.161. The van der Waals surface area contributed by atoms with Gasteiger partial charge in [-0.2, -0.15) is 0 Å². The molecule has 1 saturated carbocycles. The van der Waals surface area contributed by atoms with E-state index in [-0.39, 0.29) is 12.1 Å². The van der Waals surface area contributed by atoms with Gasteiger partial charge in [0.25, 0.3) is 0 Å². The van der Waals surface area contributed by atoms with Crippen molar-refractivity contribution in [3.05, 3.63) is 24.4 Å². The van der Waals surface area contributed by atoms with Crippen molar-refractivity contribution in [1.29, 1.82) is 0 Å². The summed E-state index contributed by atoms with van der Waals surface area (Å²) in [5.41, 5.74) is 0.680. The van der Waals surface area contributed by atoms with E-state index in [0.717, 1.165) is 23.1 Å². The Morgan fingerprint density at radius 1 is 1.45 bits per heavy atom.